The maximum Gasteiger partial charge on any atom is 0.433 e. The topological polar surface area (TPSA) is 91.6 Å². The van der Waals surface area contributed by atoms with Crippen LogP contribution >= 0.6 is 11.3 Å². The lowest BCUT2D eigenvalue weighted by Crippen LogP contribution is -2.14. The first-order valence-electron chi connectivity index (χ1n) is 8.31. The smallest absolute Gasteiger partial charge is 0.433 e. The summed E-state index contributed by atoms with van der Waals surface area (Å²) in [6.07, 6.45) is -3.09. The molecule has 28 heavy (non-hydrogen) atoms. The molecule has 0 radical (unpaired) electrons. The second-order valence-electron chi connectivity index (χ2n) is 6.82. The summed E-state index contributed by atoms with van der Waals surface area (Å²) in [6, 6.07) is 1.24. The number of hydrogen-bond acceptors (Lipinski definition) is 6. The average Bonchev–Trinajstić information content (AvgIpc) is 3.22. The highest BCUT2D eigenvalue weighted by molar-refractivity contribution is 7.78. The Morgan fingerprint density at radius 1 is 1.32 bits per heavy atom. The van der Waals surface area contributed by atoms with E-state index in [2.05, 4.69) is 14.7 Å². The predicted octanol–water partition coefficient (Wildman–Crippen LogP) is 4.62. The fourth-order valence-electron chi connectivity index (χ4n) is 2.79. The van der Waals surface area contributed by atoms with Crippen LogP contribution in [0.1, 0.15) is 42.8 Å². The van der Waals surface area contributed by atoms with E-state index in [0.717, 1.165) is 17.4 Å². The Hall–Kier alpha value is -1.98. The van der Waals surface area contributed by atoms with E-state index < -0.39 is 34.1 Å². The molecule has 2 heterocycles. The first-order valence-corrected chi connectivity index (χ1v) is 10.3. The third kappa shape index (κ3) is 4.53. The molecule has 2 amide bonds. The summed E-state index contributed by atoms with van der Waals surface area (Å²) in [4.78, 5) is 15.8. The van der Waals surface area contributed by atoms with E-state index in [1.54, 1.807) is 19.2 Å². The van der Waals surface area contributed by atoms with Gasteiger partial charge in [-0.1, -0.05) is 6.07 Å². The normalized spacial score (nSPS) is 15.5. The van der Waals surface area contributed by atoms with Gasteiger partial charge < -0.3 is 19.0 Å². The minimum absolute atomic E-state index is 0.0102. The van der Waals surface area contributed by atoms with Gasteiger partial charge in [0.2, 0.25) is 0 Å². The highest BCUT2D eigenvalue weighted by atomic mass is 32.2. The van der Waals surface area contributed by atoms with Crippen molar-refractivity contribution in [2.45, 2.75) is 49.1 Å². The number of carbonyl (C=O) groups is 1. The summed E-state index contributed by atoms with van der Waals surface area (Å²) in [5, 5.41) is 13.9. The second-order valence-corrected chi connectivity index (χ2v) is 9.11. The van der Waals surface area contributed by atoms with Crippen LogP contribution in [0.25, 0.3) is 0 Å². The Labute approximate surface area is 165 Å². The molecule has 0 saturated heterocycles. The number of nitrogens with zero attached hydrogens (tertiary/aromatic N) is 2. The van der Waals surface area contributed by atoms with Gasteiger partial charge in [-0.05, 0) is 59.9 Å². The molecular formula is C17H17F3N3O3S2-. The molecule has 6 nitrogen and oxygen atoms in total. The standard InChI is InChI=1S/C17H17F3N3O3S2/c1-16(2,25)9-6-14(27-8-9)28(26)23-15(24)22-12-7-13(17(18,19)20)21-11-5-3-4-10(11)12/h6-8,25H,3-5H2,1-2H3,(H,21,22,24)/q-1. The van der Waals surface area contributed by atoms with Gasteiger partial charge in [0.25, 0.3) is 0 Å². The lowest BCUT2D eigenvalue weighted by Gasteiger charge is -2.15. The van der Waals surface area contributed by atoms with Gasteiger partial charge in [-0.25, -0.2) is 9.78 Å². The molecule has 2 N–H and O–H groups in total. The largest absolute Gasteiger partial charge is 0.439 e. The van der Waals surface area contributed by atoms with Crippen molar-refractivity contribution in [1.29, 1.82) is 0 Å². The number of aliphatic hydroxyl groups is 1. The summed E-state index contributed by atoms with van der Waals surface area (Å²) in [5.74, 6) is 0. The second kappa shape index (κ2) is 7.45. The number of aromatic nitrogens is 1. The molecule has 1 aliphatic carbocycles. The van der Waals surface area contributed by atoms with Gasteiger partial charge in [-0.2, -0.15) is 24.5 Å². The van der Waals surface area contributed by atoms with Crippen LogP contribution in [0.15, 0.2) is 26.1 Å². The molecule has 0 unspecified atom stereocenters. The van der Waals surface area contributed by atoms with E-state index in [9.17, 15) is 27.3 Å². The van der Waals surface area contributed by atoms with Crippen molar-refractivity contribution in [3.05, 3.63) is 40.0 Å². The Morgan fingerprint density at radius 3 is 2.64 bits per heavy atom. The summed E-state index contributed by atoms with van der Waals surface area (Å²) in [7, 11) is -2.04. The molecule has 1 aliphatic rings. The van der Waals surface area contributed by atoms with E-state index in [1.807, 2.05) is 0 Å². The zero-order chi connectivity index (χ0) is 20.7. The zero-order valence-corrected chi connectivity index (χ0v) is 16.6. The minimum Gasteiger partial charge on any atom is -0.439 e. The van der Waals surface area contributed by atoms with Gasteiger partial charge in [-0.3, -0.25) is 0 Å². The highest BCUT2D eigenvalue weighted by Crippen LogP contribution is 2.35. The number of fused-ring (bicyclic) bond motifs is 1. The van der Waals surface area contributed by atoms with Gasteiger partial charge in [-0.15, -0.1) is 10.6 Å². The number of halogens is 3. The predicted molar refractivity (Wildman–Crippen MR) is 98.6 cm³/mol. The maximum atomic E-state index is 13.0. The molecule has 0 fully saturated rings. The molecule has 0 atom stereocenters. The molecule has 3 rings (SSSR count). The number of pyridine rings is 1. The van der Waals surface area contributed by atoms with Crippen LogP contribution in [0.4, 0.5) is 23.7 Å². The lowest BCUT2D eigenvalue weighted by atomic mass is 10.0. The molecular weight excluding hydrogens is 415 g/mol. The van der Waals surface area contributed by atoms with E-state index in [0.29, 0.717) is 36.1 Å². The number of anilines is 1. The summed E-state index contributed by atoms with van der Waals surface area (Å²) < 4.78 is 55.1. The molecule has 0 spiro atoms. The number of rotatable bonds is 3. The van der Waals surface area contributed by atoms with Crippen molar-refractivity contribution >= 4 is 33.7 Å². The van der Waals surface area contributed by atoms with Gasteiger partial charge in [0.15, 0.2) is 0 Å². The van der Waals surface area contributed by atoms with Crippen LogP contribution in [0.5, 0.6) is 0 Å². The Morgan fingerprint density at radius 2 is 2.04 bits per heavy atom. The Kier molecular flexibility index (Phi) is 5.52. The van der Waals surface area contributed by atoms with Crippen molar-refractivity contribution in [3.8, 4) is 0 Å². The van der Waals surface area contributed by atoms with E-state index in [4.69, 9.17) is 0 Å². The number of hydrogen-bond donors (Lipinski definition) is 2. The fraction of sp³-hybridized carbons (Fsp3) is 0.412. The molecule has 11 heteroatoms. The fourth-order valence-corrected chi connectivity index (χ4v) is 4.68. The van der Waals surface area contributed by atoms with Crippen LogP contribution in [-0.2, 0) is 39.4 Å². The molecule has 0 aliphatic heterocycles. The van der Waals surface area contributed by atoms with Crippen molar-refractivity contribution in [3.63, 3.8) is 0 Å². The molecule has 0 aromatic carbocycles. The van der Waals surface area contributed by atoms with E-state index in [-0.39, 0.29) is 9.90 Å². The Balaban J connectivity index is 1.85. The summed E-state index contributed by atoms with van der Waals surface area (Å²) in [5.41, 5.74) is -0.853. The summed E-state index contributed by atoms with van der Waals surface area (Å²) in [6.45, 7) is 3.13. The van der Waals surface area contributed by atoms with Crippen molar-refractivity contribution in [2.75, 3.05) is 5.32 Å². The lowest BCUT2D eigenvalue weighted by molar-refractivity contribution is -0.141. The average molecular weight is 432 g/mol. The third-order valence-electron chi connectivity index (χ3n) is 4.20. The quantitative estimate of drug-likeness (QED) is 0.693. The molecule has 152 valence electrons. The molecule has 2 aromatic rings. The monoisotopic (exact) mass is 432 g/mol. The van der Waals surface area contributed by atoms with Gasteiger partial charge in [0.05, 0.1) is 5.60 Å². The number of alkyl halides is 3. The van der Waals surface area contributed by atoms with Crippen molar-refractivity contribution in [2.24, 2.45) is 4.36 Å². The number of carbonyl (C=O) groups excluding carboxylic acids is 1. The minimum atomic E-state index is -4.64. The number of aryl methyl sites for hydroxylation is 1. The van der Waals surface area contributed by atoms with Gasteiger partial charge in [0, 0.05) is 11.4 Å². The zero-order valence-electron chi connectivity index (χ0n) is 15.0. The van der Waals surface area contributed by atoms with Crippen molar-refractivity contribution < 1.29 is 27.3 Å². The van der Waals surface area contributed by atoms with Gasteiger partial charge >= 0.3 is 12.2 Å². The number of amides is 2. The SMILES string of the molecule is CC(C)(O)c1csc([S-](=O)=NC(=O)Nc2cc(C(F)(F)F)nc3c2CCC3)c1. The molecule has 2 aromatic heterocycles. The Bertz CT molecular complexity index is 1000. The van der Waals surface area contributed by atoms with Crippen LogP contribution in [0.3, 0.4) is 0 Å². The van der Waals surface area contributed by atoms with Crippen LogP contribution in [-0.4, -0.2) is 16.1 Å². The number of nitrogens with one attached hydrogen (secondary N) is 1. The van der Waals surface area contributed by atoms with Crippen LogP contribution in [0.2, 0.25) is 0 Å². The highest BCUT2D eigenvalue weighted by Gasteiger charge is 2.35. The number of thiophene rings is 1. The van der Waals surface area contributed by atoms with Crippen LogP contribution < -0.4 is 5.32 Å². The van der Waals surface area contributed by atoms with E-state index in [1.165, 1.54) is 6.07 Å². The van der Waals surface area contributed by atoms with Crippen molar-refractivity contribution in [1.82, 2.24) is 4.98 Å². The number of urea groups is 1. The van der Waals surface area contributed by atoms with E-state index >= 15 is 0 Å². The summed E-state index contributed by atoms with van der Waals surface area (Å²) >= 11 is 1.07. The van der Waals surface area contributed by atoms with Gasteiger partial charge in [0.1, 0.15) is 5.69 Å². The maximum absolute atomic E-state index is 13.0. The third-order valence-corrected chi connectivity index (χ3v) is 6.43. The first kappa shape index (κ1) is 20.7. The van der Waals surface area contributed by atoms with Crippen LogP contribution in [0, 0.1) is 0 Å². The first-order chi connectivity index (χ1) is 12.9. The molecule has 0 saturated carbocycles. The molecule has 0 bridgehead atoms.